The molecule has 0 aromatic heterocycles. The maximum absolute atomic E-state index is 13.2. The first kappa shape index (κ1) is 59.6. The van der Waals surface area contributed by atoms with Crippen LogP contribution in [0.2, 0.25) is 0 Å². The molecule has 0 heterocycles. The van der Waals surface area contributed by atoms with E-state index in [1.54, 1.807) is 0 Å². The molecule has 360 valence electrons. The summed E-state index contributed by atoms with van der Waals surface area (Å²) in [7, 11) is 0. The Kier molecular flexibility index (Phi) is 47.6. The number of hydrogen-bond acceptors (Lipinski definition) is 5. The topological polar surface area (TPSA) is 95.9 Å². The number of rotatable bonds is 47. The monoisotopic (exact) mass is 868 g/mol. The Hall–Kier alpha value is -2.44. The lowest BCUT2D eigenvalue weighted by molar-refractivity contribution is -0.151. The highest BCUT2D eigenvalue weighted by atomic mass is 16.5. The van der Waals surface area contributed by atoms with Gasteiger partial charge in [0, 0.05) is 6.42 Å². The number of carbonyl (C=O) groups is 2. The third-order valence-corrected chi connectivity index (χ3v) is 11.9. The van der Waals surface area contributed by atoms with Gasteiger partial charge in [0.1, 0.15) is 6.10 Å². The van der Waals surface area contributed by atoms with Gasteiger partial charge in [-0.05, 0) is 77.0 Å². The van der Waals surface area contributed by atoms with Crippen molar-refractivity contribution in [3.63, 3.8) is 0 Å². The maximum atomic E-state index is 13.2. The van der Waals surface area contributed by atoms with Crippen molar-refractivity contribution in [3.05, 3.63) is 60.8 Å². The fourth-order valence-corrected chi connectivity index (χ4v) is 7.85. The van der Waals surface area contributed by atoms with Gasteiger partial charge < -0.3 is 20.3 Å². The number of allylic oxidation sites excluding steroid dienone is 10. The largest absolute Gasteiger partial charge is 0.462 e. The van der Waals surface area contributed by atoms with Gasteiger partial charge in [-0.15, -0.1) is 0 Å². The number of nitrogens with one attached hydrogen (secondary N) is 1. The zero-order valence-corrected chi connectivity index (χ0v) is 41.0. The first-order valence-electron chi connectivity index (χ1n) is 26.6. The molecule has 0 aliphatic rings. The first-order chi connectivity index (χ1) is 30.5. The van der Waals surface area contributed by atoms with E-state index in [4.69, 9.17) is 4.74 Å². The third kappa shape index (κ3) is 44.2. The zero-order chi connectivity index (χ0) is 45.2. The number of aliphatic hydroxyl groups is 2. The molecule has 0 aromatic rings. The van der Waals surface area contributed by atoms with E-state index in [-0.39, 0.29) is 24.9 Å². The predicted molar refractivity (Wildman–Crippen MR) is 268 cm³/mol. The number of amides is 1. The molecule has 6 heteroatoms. The van der Waals surface area contributed by atoms with Gasteiger partial charge in [0.05, 0.1) is 25.2 Å². The third-order valence-electron chi connectivity index (χ3n) is 11.9. The minimum Gasteiger partial charge on any atom is -0.462 e. The highest BCUT2D eigenvalue weighted by Crippen LogP contribution is 2.17. The molecule has 0 aromatic carbocycles. The van der Waals surface area contributed by atoms with Crippen molar-refractivity contribution in [1.82, 2.24) is 5.32 Å². The molecule has 0 radical (unpaired) electrons. The van der Waals surface area contributed by atoms with Crippen molar-refractivity contribution in [2.45, 2.75) is 277 Å². The van der Waals surface area contributed by atoms with Crippen molar-refractivity contribution < 1.29 is 24.5 Å². The molecule has 1 amide bonds. The second kappa shape index (κ2) is 49.6. The van der Waals surface area contributed by atoms with Gasteiger partial charge in [0.25, 0.3) is 0 Å². The van der Waals surface area contributed by atoms with Crippen LogP contribution in [0, 0.1) is 0 Å². The predicted octanol–water partition coefficient (Wildman–Crippen LogP) is 16.0. The van der Waals surface area contributed by atoms with Crippen LogP contribution in [-0.2, 0) is 14.3 Å². The number of unbranched alkanes of at least 4 members (excludes halogenated alkanes) is 28. The van der Waals surface area contributed by atoms with E-state index >= 15 is 0 Å². The molecule has 0 bridgehead atoms. The molecule has 0 rings (SSSR count). The van der Waals surface area contributed by atoms with Crippen LogP contribution in [0.1, 0.15) is 258 Å². The second-order valence-electron chi connectivity index (χ2n) is 18.0. The Bertz CT molecular complexity index is 1110. The number of carbonyl (C=O) groups excluding carboxylic acids is 2. The Morgan fingerprint density at radius 2 is 0.839 bits per heavy atom. The summed E-state index contributed by atoms with van der Waals surface area (Å²) in [6, 6.07) is -0.717. The van der Waals surface area contributed by atoms with Gasteiger partial charge in [0.15, 0.2) is 0 Å². The Morgan fingerprint density at radius 1 is 0.468 bits per heavy atom. The second-order valence-corrected chi connectivity index (χ2v) is 18.0. The first-order valence-corrected chi connectivity index (χ1v) is 26.6. The minimum atomic E-state index is -0.801. The van der Waals surface area contributed by atoms with E-state index in [1.165, 1.54) is 135 Å². The van der Waals surface area contributed by atoms with Gasteiger partial charge in [-0.2, -0.15) is 0 Å². The Morgan fingerprint density at radius 3 is 1.34 bits per heavy atom. The van der Waals surface area contributed by atoms with Crippen LogP contribution in [0.25, 0.3) is 0 Å². The fraction of sp³-hybridized carbons (Fsp3) is 0.786. The smallest absolute Gasteiger partial charge is 0.306 e. The van der Waals surface area contributed by atoms with Crippen LogP contribution in [0.5, 0.6) is 0 Å². The standard InChI is InChI=1S/C56H101NO5/c1-4-7-10-13-16-19-22-25-27-29-30-32-35-38-41-44-47-52(62-56(61)49-46-43-40-37-34-24-21-18-15-12-9-6-3)50-55(60)57-53(51-58)54(59)48-45-42-39-36-33-31-28-26-23-20-17-14-11-8-5-2/h16,18-19,21-22,25,27,29-30,32,52-54,58-59H,4-15,17,20,23-24,26,28,31,33-51H2,1-3H3,(H,57,60)/b19-16+,21-18-,25-22+,29-27+,32-30+. The van der Waals surface area contributed by atoms with Crippen molar-refractivity contribution >= 4 is 11.9 Å². The highest BCUT2D eigenvalue weighted by molar-refractivity contribution is 5.77. The van der Waals surface area contributed by atoms with Crippen LogP contribution in [0.3, 0.4) is 0 Å². The summed E-state index contributed by atoms with van der Waals surface area (Å²) in [5.74, 6) is -0.520. The lowest BCUT2D eigenvalue weighted by Crippen LogP contribution is -2.46. The summed E-state index contributed by atoms with van der Waals surface area (Å²) in [4.78, 5) is 26.1. The summed E-state index contributed by atoms with van der Waals surface area (Å²) < 4.78 is 5.91. The summed E-state index contributed by atoms with van der Waals surface area (Å²) in [6.07, 6.45) is 61.3. The van der Waals surface area contributed by atoms with E-state index in [1.807, 2.05) is 6.08 Å². The summed E-state index contributed by atoms with van der Waals surface area (Å²) in [6.45, 7) is 6.42. The number of esters is 1. The van der Waals surface area contributed by atoms with Crippen LogP contribution in [0.4, 0.5) is 0 Å². The molecule has 3 N–H and O–H groups in total. The Labute approximate surface area is 384 Å². The lowest BCUT2D eigenvalue weighted by Gasteiger charge is -2.24. The zero-order valence-electron chi connectivity index (χ0n) is 41.0. The van der Waals surface area contributed by atoms with Crippen molar-refractivity contribution in [1.29, 1.82) is 0 Å². The summed E-state index contributed by atoms with van der Waals surface area (Å²) >= 11 is 0. The van der Waals surface area contributed by atoms with Crippen LogP contribution in [-0.4, -0.2) is 46.9 Å². The van der Waals surface area contributed by atoms with E-state index in [9.17, 15) is 19.8 Å². The minimum absolute atomic E-state index is 0.0476. The molecule has 3 atom stereocenters. The molecule has 0 saturated carbocycles. The molecule has 62 heavy (non-hydrogen) atoms. The molecular formula is C56H101NO5. The van der Waals surface area contributed by atoms with Crippen LogP contribution < -0.4 is 5.32 Å². The van der Waals surface area contributed by atoms with E-state index in [0.29, 0.717) is 19.3 Å². The Balaban J connectivity index is 4.65. The molecule has 6 nitrogen and oxygen atoms in total. The van der Waals surface area contributed by atoms with E-state index in [2.05, 4.69) is 80.8 Å². The van der Waals surface area contributed by atoms with E-state index in [0.717, 1.165) is 77.0 Å². The average Bonchev–Trinajstić information content (AvgIpc) is 3.26. The fourth-order valence-electron chi connectivity index (χ4n) is 7.85. The van der Waals surface area contributed by atoms with Crippen molar-refractivity contribution in [2.24, 2.45) is 0 Å². The van der Waals surface area contributed by atoms with Crippen LogP contribution in [0.15, 0.2) is 60.8 Å². The quantitative estimate of drug-likeness (QED) is 0.0245. The lowest BCUT2D eigenvalue weighted by atomic mass is 10.0. The van der Waals surface area contributed by atoms with Gasteiger partial charge in [-0.25, -0.2) is 0 Å². The SMILES string of the molecule is CCCCC/C=C\CCCCCCCC(=O)OC(CCCCC/C=C/C=C/C=C/C=C/CCCCC)CC(=O)NC(CO)C(O)CCCCCCCCCCCCCCCCC. The molecule has 0 aliphatic carbocycles. The number of hydrogen-bond donors (Lipinski definition) is 3. The molecular weight excluding hydrogens is 767 g/mol. The maximum Gasteiger partial charge on any atom is 0.306 e. The molecule has 0 saturated heterocycles. The van der Waals surface area contributed by atoms with Gasteiger partial charge in [0.2, 0.25) is 5.91 Å². The normalized spacial score (nSPS) is 13.7. The van der Waals surface area contributed by atoms with Crippen molar-refractivity contribution in [2.75, 3.05) is 6.61 Å². The van der Waals surface area contributed by atoms with E-state index < -0.39 is 18.2 Å². The highest BCUT2D eigenvalue weighted by Gasteiger charge is 2.24. The molecule has 0 aliphatic heterocycles. The summed E-state index contributed by atoms with van der Waals surface area (Å²) in [5, 5.41) is 23.8. The number of ether oxygens (including phenoxy) is 1. The average molecular weight is 868 g/mol. The van der Waals surface area contributed by atoms with Gasteiger partial charge in [-0.3, -0.25) is 9.59 Å². The van der Waals surface area contributed by atoms with Gasteiger partial charge in [-0.1, -0.05) is 229 Å². The molecule has 3 unspecified atom stereocenters. The number of aliphatic hydroxyl groups excluding tert-OH is 2. The van der Waals surface area contributed by atoms with Crippen LogP contribution >= 0.6 is 0 Å². The molecule has 0 fully saturated rings. The van der Waals surface area contributed by atoms with Gasteiger partial charge >= 0.3 is 5.97 Å². The summed E-state index contributed by atoms with van der Waals surface area (Å²) in [5.41, 5.74) is 0. The molecule has 0 spiro atoms. The van der Waals surface area contributed by atoms with Crippen molar-refractivity contribution in [3.8, 4) is 0 Å².